The second-order valence-corrected chi connectivity index (χ2v) is 23.2. The van der Waals surface area contributed by atoms with Crippen LogP contribution in [-0.2, 0) is 27.9 Å². The topological polar surface area (TPSA) is 114 Å². The number of ether oxygens (including phenoxy) is 1. The molecule has 0 spiro atoms. The van der Waals surface area contributed by atoms with Crippen molar-refractivity contribution < 1.29 is 37.3 Å². The lowest BCUT2D eigenvalue weighted by molar-refractivity contribution is -0.870. The number of phosphoric ester groups is 1. The van der Waals surface area contributed by atoms with E-state index in [2.05, 4.69) is 123 Å². The van der Waals surface area contributed by atoms with Gasteiger partial charge in [0.05, 0.1) is 33.8 Å². The van der Waals surface area contributed by atoms with Crippen LogP contribution in [0.25, 0.3) is 0 Å². The summed E-state index contributed by atoms with van der Waals surface area (Å²) in [5, 5.41) is 2.99. The third-order valence-corrected chi connectivity index (χ3v) is 14.2. The Labute approximate surface area is 474 Å². The number of carbonyl (C=O) groups is 2. The van der Waals surface area contributed by atoms with E-state index in [1.807, 2.05) is 33.3 Å². The van der Waals surface area contributed by atoms with Gasteiger partial charge in [-0.15, -0.1) is 0 Å². The molecule has 77 heavy (non-hydrogen) atoms. The molecular formula is C67H117N2O7P. The molecule has 0 aliphatic heterocycles. The summed E-state index contributed by atoms with van der Waals surface area (Å²) in [6.45, 7) is 6.64. The maximum absolute atomic E-state index is 13.5. The zero-order chi connectivity index (χ0) is 56.4. The summed E-state index contributed by atoms with van der Waals surface area (Å²) in [4.78, 5) is 39.9. The molecule has 0 saturated heterocycles. The molecule has 0 bridgehead atoms. The van der Waals surface area contributed by atoms with Gasteiger partial charge in [-0.2, -0.15) is 0 Å². The van der Waals surface area contributed by atoms with Crippen molar-refractivity contribution >= 4 is 19.7 Å². The Hall–Kier alpha value is -3.33. The maximum Gasteiger partial charge on any atom is 0.306 e. The van der Waals surface area contributed by atoms with Crippen molar-refractivity contribution in [2.45, 2.75) is 264 Å². The Morgan fingerprint density at radius 3 is 1.30 bits per heavy atom. The van der Waals surface area contributed by atoms with E-state index in [9.17, 15) is 19.0 Å². The predicted molar refractivity (Wildman–Crippen MR) is 330 cm³/mol. The van der Waals surface area contributed by atoms with Crippen molar-refractivity contribution in [3.8, 4) is 0 Å². The molecule has 0 heterocycles. The number of allylic oxidation sites excluding steroid dienone is 17. The van der Waals surface area contributed by atoms with E-state index in [1.54, 1.807) is 0 Å². The van der Waals surface area contributed by atoms with Gasteiger partial charge in [0.1, 0.15) is 19.3 Å². The minimum atomic E-state index is -4.72. The van der Waals surface area contributed by atoms with Gasteiger partial charge in [0.25, 0.3) is 7.82 Å². The number of hydrogen-bond acceptors (Lipinski definition) is 7. The summed E-state index contributed by atoms with van der Waals surface area (Å²) in [5.41, 5.74) is 0. The minimum Gasteiger partial charge on any atom is -0.756 e. The van der Waals surface area contributed by atoms with Gasteiger partial charge in [-0.3, -0.25) is 14.2 Å². The van der Waals surface area contributed by atoms with E-state index in [1.165, 1.54) is 109 Å². The highest BCUT2D eigenvalue weighted by molar-refractivity contribution is 7.45. The van der Waals surface area contributed by atoms with Crippen molar-refractivity contribution in [3.05, 3.63) is 109 Å². The Morgan fingerprint density at radius 2 is 0.844 bits per heavy atom. The van der Waals surface area contributed by atoms with E-state index in [0.717, 1.165) is 96.3 Å². The molecule has 0 saturated carbocycles. The van der Waals surface area contributed by atoms with Crippen LogP contribution in [-0.4, -0.2) is 69.4 Å². The first-order valence-electron chi connectivity index (χ1n) is 31.2. The fraction of sp³-hybridized carbons (Fsp3) is 0.701. The third kappa shape index (κ3) is 57.2. The van der Waals surface area contributed by atoms with Crippen LogP contribution in [0.1, 0.15) is 252 Å². The summed E-state index contributed by atoms with van der Waals surface area (Å²) >= 11 is 0. The molecule has 0 aromatic carbocycles. The van der Waals surface area contributed by atoms with Crippen LogP contribution in [0, 0.1) is 0 Å². The van der Waals surface area contributed by atoms with Crippen molar-refractivity contribution in [1.29, 1.82) is 0 Å². The van der Waals surface area contributed by atoms with Crippen LogP contribution in [0.5, 0.6) is 0 Å². The number of likely N-dealkylation sites (N-methyl/N-ethyl adjacent to an activating group) is 1. The second-order valence-electron chi connectivity index (χ2n) is 21.8. The summed E-state index contributed by atoms with van der Waals surface area (Å²) in [5.74, 6) is -0.619. The molecule has 3 unspecified atom stereocenters. The summed E-state index contributed by atoms with van der Waals surface area (Å²) in [6.07, 6.45) is 76.4. The number of esters is 1. The molecule has 0 radical (unpaired) electrons. The van der Waals surface area contributed by atoms with Gasteiger partial charge < -0.3 is 28.5 Å². The lowest BCUT2D eigenvalue weighted by atomic mass is 10.0. The highest BCUT2D eigenvalue weighted by atomic mass is 31.2. The third-order valence-electron chi connectivity index (χ3n) is 13.2. The zero-order valence-corrected chi connectivity index (χ0v) is 51.3. The van der Waals surface area contributed by atoms with Gasteiger partial charge in [0, 0.05) is 12.8 Å². The van der Waals surface area contributed by atoms with Crippen LogP contribution in [0.15, 0.2) is 109 Å². The van der Waals surface area contributed by atoms with Gasteiger partial charge in [0.2, 0.25) is 5.91 Å². The Morgan fingerprint density at radius 1 is 0.468 bits per heavy atom. The van der Waals surface area contributed by atoms with Gasteiger partial charge in [-0.1, -0.05) is 240 Å². The van der Waals surface area contributed by atoms with Gasteiger partial charge in [-0.25, -0.2) is 0 Å². The average molecular weight is 1090 g/mol. The Balaban J connectivity index is 5.26. The van der Waals surface area contributed by atoms with E-state index < -0.39 is 26.6 Å². The first kappa shape index (κ1) is 73.7. The van der Waals surface area contributed by atoms with Crippen LogP contribution in [0.3, 0.4) is 0 Å². The Bertz CT molecular complexity index is 1690. The van der Waals surface area contributed by atoms with E-state index in [4.69, 9.17) is 13.8 Å². The van der Waals surface area contributed by atoms with Crippen molar-refractivity contribution in [2.75, 3.05) is 40.9 Å². The normalized spacial score (nSPS) is 14.4. The fourth-order valence-electron chi connectivity index (χ4n) is 8.39. The van der Waals surface area contributed by atoms with Crippen molar-refractivity contribution in [2.24, 2.45) is 0 Å². The number of rotatable bonds is 55. The van der Waals surface area contributed by atoms with Crippen LogP contribution < -0.4 is 10.2 Å². The Kier molecular flexibility index (Phi) is 53.5. The molecule has 0 aromatic rings. The average Bonchev–Trinajstić information content (AvgIpc) is 3.39. The maximum atomic E-state index is 13.5. The minimum absolute atomic E-state index is 0.0388. The molecular weight excluding hydrogens is 976 g/mol. The molecule has 1 amide bonds. The van der Waals surface area contributed by atoms with Crippen LogP contribution in [0.2, 0.25) is 0 Å². The fourth-order valence-corrected chi connectivity index (χ4v) is 9.11. The summed E-state index contributed by atoms with van der Waals surface area (Å²) in [7, 11) is 1.13. The van der Waals surface area contributed by atoms with Gasteiger partial charge in [-0.05, 0) is 109 Å². The van der Waals surface area contributed by atoms with E-state index in [0.29, 0.717) is 23.9 Å². The van der Waals surface area contributed by atoms with Crippen molar-refractivity contribution in [1.82, 2.24) is 5.32 Å². The molecule has 0 aliphatic carbocycles. The monoisotopic (exact) mass is 1090 g/mol. The van der Waals surface area contributed by atoms with Crippen LogP contribution >= 0.6 is 7.82 Å². The number of carbonyl (C=O) groups excluding carboxylic acids is 2. The summed E-state index contributed by atoms with van der Waals surface area (Å²) in [6, 6.07) is -0.926. The van der Waals surface area contributed by atoms with Crippen molar-refractivity contribution in [3.63, 3.8) is 0 Å². The number of phosphoric acid groups is 1. The standard InChI is InChI=1S/C67H117N2O7P/c1-7-10-13-16-19-22-25-27-29-31-32-33-34-35-36-38-40-42-45-48-51-54-57-60-67(71)76-65(58-55-52-49-46-43-24-21-18-15-12-9-3)64(63-75-77(72,73)74-62-61-69(4,5)6)68-66(70)59-56-53-50-47-44-41-39-37-30-28-26-23-20-17-14-11-8-2/h11,14,19-20,22-23,27-30,32-33,39,41,47,50,55,58,64-65H,7-10,12-13,15-18,21,24-26,31,34-38,40,42-46,48-49,51-54,56-57,59-63H2,1-6H3,(H-,68,70,72,73)/b14-11-,22-19-,23-20-,29-27-,30-28-,33-32-,41-39-,50-47-,58-55-. The molecule has 442 valence electrons. The quantitative estimate of drug-likeness (QED) is 0.0212. The molecule has 9 nitrogen and oxygen atoms in total. The molecule has 10 heteroatoms. The largest absolute Gasteiger partial charge is 0.756 e. The molecule has 0 rings (SSSR count). The smallest absolute Gasteiger partial charge is 0.306 e. The van der Waals surface area contributed by atoms with E-state index >= 15 is 0 Å². The number of quaternary nitrogens is 1. The first-order chi connectivity index (χ1) is 37.4. The lowest BCUT2D eigenvalue weighted by Gasteiger charge is -2.30. The number of nitrogens with one attached hydrogen (secondary N) is 1. The first-order valence-corrected chi connectivity index (χ1v) is 32.7. The molecule has 0 aliphatic rings. The molecule has 3 atom stereocenters. The molecule has 0 fully saturated rings. The number of amides is 1. The van der Waals surface area contributed by atoms with Gasteiger partial charge >= 0.3 is 5.97 Å². The molecule has 1 N–H and O–H groups in total. The van der Waals surface area contributed by atoms with E-state index in [-0.39, 0.29) is 31.3 Å². The SMILES string of the molecule is CC/C=C\C/C=C\C/C=C\C/C=C\C/C=C\CCCC(=O)NC(COP(=O)([O-])OCC[N+](C)(C)C)C(/C=C\CCCCCCCCCCC)OC(=O)CCCCCCCCCCCC/C=C\C/C=C\C/C=C\CCCCC. The highest BCUT2D eigenvalue weighted by Crippen LogP contribution is 2.38. The molecule has 0 aromatic heterocycles. The summed E-state index contributed by atoms with van der Waals surface area (Å²) < 4.78 is 30.2. The predicted octanol–water partition coefficient (Wildman–Crippen LogP) is 18.7. The number of nitrogens with zero attached hydrogens (tertiary/aromatic N) is 1. The number of hydrogen-bond donors (Lipinski definition) is 1. The lowest BCUT2D eigenvalue weighted by Crippen LogP contribution is -2.47. The zero-order valence-electron chi connectivity index (χ0n) is 50.4. The highest BCUT2D eigenvalue weighted by Gasteiger charge is 2.27. The number of unbranched alkanes of at least 4 members (excludes halogenated alkanes) is 23. The van der Waals surface area contributed by atoms with Gasteiger partial charge in [0.15, 0.2) is 0 Å². The second kappa shape index (κ2) is 56.0. The van der Waals surface area contributed by atoms with Crippen LogP contribution in [0.4, 0.5) is 0 Å².